The molecule has 0 atom stereocenters. The number of hydrogen-bond donors (Lipinski definition) is 3. The van der Waals surface area contributed by atoms with E-state index in [9.17, 15) is 0 Å². The molecule has 0 aliphatic heterocycles. The van der Waals surface area contributed by atoms with Crippen LogP contribution in [0.4, 0.5) is 0 Å². The molecular formula is C6H19NO2Ti. The molecule has 3 nitrogen and oxygen atoms in total. The zero-order valence-electron chi connectivity index (χ0n) is 7.09. The van der Waals surface area contributed by atoms with Crippen LogP contribution in [0, 0.1) is 14.4 Å². The van der Waals surface area contributed by atoms with Crippen LogP contribution in [0.3, 0.4) is 0 Å². The molecule has 0 saturated carbocycles. The van der Waals surface area contributed by atoms with Gasteiger partial charge in [-0.3, -0.25) is 0 Å². The summed E-state index contributed by atoms with van der Waals surface area (Å²) in [4.78, 5) is 0. The van der Waals surface area contributed by atoms with E-state index in [4.69, 9.17) is 15.9 Å². The van der Waals surface area contributed by atoms with Crippen molar-refractivity contribution in [3.05, 3.63) is 14.4 Å². The number of nitrogens with two attached hydrogens (primary N) is 1. The third-order valence-corrected chi connectivity index (χ3v) is 0.204. The zero-order valence-corrected chi connectivity index (χ0v) is 8.65. The van der Waals surface area contributed by atoms with E-state index in [0.29, 0.717) is 6.54 Å². The molecule has 0 aliphatic rings. The smallest absolute Gasteiger partial charge is 0.400 e. The van der Waals surface area contributed by atoms with Crippen molar-refractivity contribution in [1.82, 2.24) is 0 Å². The second-order valence-electron chi connectivity index (χ2n) is 0.642. The maximum absolute atomic E-state index is 7.00. The minimum absolute atomic E-state index is 0. The van der Waals surface area contributed by atoms with Gasteiger partial charge in [0, 0.05) is 14.2 Å². The second kappa shape index (κ2) is 105. The van der Waals surface area contributed by atoms with Crippen molar-refractivity contribution in [3.8, 4) is 0 Å². The molecule has 0 heterocycles. The van der Waals surface area contributed by atoms with Gasteiger partial charge >= 0.3 is 21.7 Å². The van der Waals surface area contributed by atoms with Crippen molar-refractivity contribution in [2.75, 3.05) is 20.8 Å². The van der Waals surface area contributed by atoms with Crippen LogP contribution in [0.2, 0.25) is 0 Å². The Morgan fingerprint density at radius 1 is 1.20 bits per heavy atom. The molecule has 4 N–H and O–H groups in total. The molecule has 10 heavy (non-hydrogen) atoms. The first kappa shape index (κ1) is 31.2. The summed E-state index contributed by atoms with van der Waals surface area (Å²) in [7, 11) is 2.00. The molecule has 0 unspecified atom stereocenters. The van der Waals surface area contributed by atoms with Gasteiger partial charge in [0.15, 0.2) is 0 Å². The van der Waals surface area contributed by atoms with E-state index in [1.165, 1.54) is 0 Å². The Balaban J connectivity index is -0.0000000125. The van der Waals surface area contributed by atoms with Gasteiger partial charge in [-0.1, -0.05) is 0 Å². The molecule has 0 aliphatic carbocycles. The maximum atomic E-state index is 7.00. The Hall–Kier alpha value is 0.594. The minimum Gasteiger partial charge on any atom is -0.400 e. The van der Waals surface area contributed by atoms with Gasteiger partial charge in [0.05, 0.1) is 0 Å². The van der Waals surface area contributed by atoms with Crippen LogP contribution in [0.15, 0.2) is 0 Å². The Morgan fingerprint density at radius 3 is 1.30 bits per heavy atom. The fourth-order valence-corrected chi connectivity index (χ4v) is 0. The summed E-state index contributed by atoms with van der Waals surface area (Å²) in [6.45, 7) is 4.19. The van der Waals surface area contributed by atoms with Crippen molar-refractivity contribution in [1.29, 1.82) is 0 Å². The molecule has 0 fully saturated rings. The summed E-state index contributed by atoms with van der Waals surface area (Å²) in [5.41, 5.74) is 4.97. The van der Waals surface area contributed by atoms with Crippen molar-refractivity contribution in [3.63, 3.8) is 0 Å². The van der Waals surface area contributed by atoms with Crippen LogP contribution in [-0.4, -0.2) is 31.0 Å². The quantitative estimate of drug-likeness (QED) is 0.392. The van der Waals surface area contributed by atoms with Gasteiger partial charge < -0.3 is 30.3 Å². The molecule has 0 aromatic heterocycles. The van der Waals surface area contributed by atoms with Crippen LogP contribution in [-0.2, 0) is 21.7 Å². The first-order chi connectivity index (χ1) is 3.91. The molecule has 4 heteroatoms. The van der Waals surface area contributed by atoms with Gasteiger partial charge in [-0.25, -0.2) is 0 Å². The summed E-state index contributed by atoms with van der Waals surface area (Å²) >= 11 is 0. The molecule has 0 aromatic carbocycles. The fraction of sp³-hybridized carbons (Fsp3) is 0.667. The molecule has 0 saturated heterocycles. The van der Waals surface area contributed by atoms with E-state index in [1.54, 1.807) is 0 Å². The van der Waals surface area contributed by atoms with Crippen molar-refractivity contribution in [2.24, 2.45) is 5.73 Å². The molecular weight excluding hydrogens is 166 g/mol. The molecule has 0 spiro atoms. The minimum atomic E-state index is 0. The number of aliphatic hydroxyl groups excluding tert-OH is 2. The van der Waals surface area contributed by atoms with Crippen LogP contribution in [0.25, 0.3) is 0 Å². The van der Waals surface area contributed by atoms with Crippen molar-refractivity contribution < 1.29 is 31.9 Å². The number of aliphatic hydroxyl groups is 2. The SMILES string of the molecule is CO.CO.[CH2-]CCN.[CH3-].[Ti+2]. The predicted octanol–water partition coefficient (Wildman–Crippen LogP) is -0.166. The third-order valence-electron chi connectivity index (χ3n) is 0.204. The monoisotopic (exact) mass is 185 g/mol. The van der Waals surface area contributed by atoms with Gasteiger partial charge in [-0.05, 0) is 6.54 Å². The first-order valence-corrected chi connectivity index (χ1v) is 2.30. The summed E-state index contributed by atoms with van der Waals surface area (Å²) in [5.74, 6) is 0. The van der Waals surface area contributed by atoms with E-state index in [0.717, 1.165) is 20.6 Å². The normalized spacial score (nSPS) is 4.20. The fourth-order valence-electron chi connectivity index (χ4n) is 0. The van der Waals surface area contributed by atoms with Crippen LogP contribution >= 0.6 is 0 Å². The van der Waals surface area contributed by atoms with Crippen molar-refractivity contribution in [2.45, 2.75) is 6.42 Å². The second-order valence-corrected chi connectivity index (χ2v) is 0.642. The van der Waals surface area contributed by atoms with Gasteiger partial charge in [0.2, 0.25) is 0 Å². The topological polar surface area (TPSA) is 66.5 Å². The average Bonchev–Trinajstić information content (AvgIpc) is 1.96. The summed E-state index contributed by atoms with van der Waals surface area (Å²) in [5, 5.41) is 14.0. The number of hydrogen-bond acceptors (Lipinski definition) is 3. The Labute approximate surface area is 79.5 Å². The van der Waals surface area contributed by atoms with Crippen LogP contribution < -0.4 is 5.73 Å². The molecule has 64 valence electrons. The van der Waals surface area contributed by atoms with E-state index in [2.05, 4.69) is 6.92 Å². The number of rotatable bonds is 1. The van der Waals surface area contributed by atoms with Crippen LogP contribution in [0.5, 0.6) is 0 Å². The maximum Gasteiger partial charge on any atom is 2.00 e. The first-order valence-electron chi connectivity index (χ1n) is 2.30. The summed E-state index contributed by atoms with van der Waals surface area (Å²) in [6.07, 6.45) is 0.847. The van der Waals surface area contributed by atoms with Crippen molar-refractivity contribution >= 4 is 0 Å². The molecule has 0 bridgehead atoms. The van der Waals surface area contributed by atoms with E-state index < -0.39 is 0 Å². The third kappa shape index (κ3) is 195. The van der Waals surface area contributed by atoms with Crippen LogP contribution in [0.1, 0.15) is 6.42 Å². The van der Waals surface area contributed by atoms with Gasteiger partial charge in [-0.15, -0.1) is 0 Å². The molecule has 0 radical (unpaired) electrons. The van der Waals surface area contributed by atoms with E-state index in [-0.39, 0.29) is 29.1 Å². The molecule has 0 amide bonds. The Bertz CT molecular complexity index is 17.7. The average molecular weight is 185 g/mol. The zero-order chi connectivity index (χ0) is 7.41. The van der Waals surface area contributed by atoms with Gasteiger partial charge in [-0.2, -0.15) is 6.42 Å². The summed E-state index contributed by atoms with van der Waals surface area (Å²) < 4.78 is 0. The predicted molar refractivity (Wildman–Crippen MR) is 41.7 cm³/mol. The Kier molecular flexibility index (Phi) is 328. The van der Waals surface area contributed by atoms with E-state index >= 15 is 0 Å². The standard InChI is InChI=1S/C3H8N.2CH4O.CH3.Ti/c1-2-3-4;2*1-2;;/h1-4H2;2*2H,1H3;1H3;/q-1;;;-1;+2. The molecule has 0 aromatic rings. The largest absolute Gasteiger partial charge is 2.00 e. The Morgan fingerprint density at radius 2 is 1.30 bits per heavy atom. The van der Waals surface area contributed by atoms with Gasteiger partial charge in [0.1, 0.15) is 0 Å². The van der Waals surface area contributed by atoms with E-state index in [1.807, 2.05) is 0 Å². The van der Waals surface area contributed by atoms with Gasteiger partial charge in [0.25, 0.3) is 0 Å². The molecule has 0 rings (SSSR count). The summed E-state index contributed by atoms with van der Waals surface area (Å²) in [6, 6.07) is 0.